The van der Waals surface area contributed by atoms with Gasteiger partial charge in [-0.15, -0.1) is 0 Å². The molecule has 0 unspecified atom stereocenters. The number of hydrogen-bond acceptors (Lipinski definition) is 3. The van der Waals surface area contributed by atoms with Crippen molar-refractivity contribution in [3.8, 4) is 5.75 Å². The molecule has 0 aliphatic carbocycles. The second kappa shape index (κ2) is 5.96. The van der Waals surface area contributed by atoms with Crippen LogP contribution in [0.1, 0.15) is 6.92 Å². The summed E-state index contributed by atoms with van der Waals surface area (Å²) in [6.07, 6.45) is 0. The number of hydrogen-bond donors (Lipinski definition) is 2. The van der Waals surface area contributed by atoms with Crippen molar-refractivity contribution < 1.29 is 22.7 Å². The Labute approximate surface area is 113 Å². The van der Waals surface area contributed by atoms with Crippen molar-refractivity contribution >= 4 is 11.6 Å². The first-order valence-electron chi connectivity index (χ1n) is 5.92. The minimum atomic E-state index is -3.09. The third-order valence-corrected chi connectivity index (χ3v) is 2.95. The molecule has 4 nitrogen and oxygen atoms in total. The van der Waals surface area contributed by atoms with Crippen LogP contribution in [0.15, 0.2) is 29.3 Å². The molecular weight excluding hydrogens is 273 g/mol. The zero-order valence-electron chi connectivity index (χ0n) is 10.7. The number of nitrogens with one attached hydrogen (secondary N) is 2. The van der Waals surface area contributed by atoms with Gasteiger partial charge in [0.05, 0.1) is 0 Å². The van der Waals surface area contributed by atoms with Crippen molar-refractivity contribution in [1.29, 1.82) is 0 Å². The lowest BCUT2D eigenvalue weighted by atomic mass is 10.0. The Kier molecular flexibility index (Phi) is 4.29. The van der Waals surface area contributed by atoms with Gasteiger partial charge in [0, 0.05) is 30.4 Å². The molecule has 2 N–H and O–H groups in total. The Hall–Kier alpha value is -2.02. The molecule has 108 valence electrons. The molecular formula is C13H13F3N2O2. The molecule has 20 heavy (non-hydrogen) atoms. The fraction of sp³-hybridized carbons (Fsp3) is 0.308. The van der Waals surface area contributed by atoms with Crippen LogP contribution >= 0.6 is 0 Å². The summed E-state index contributed by atoms with van der Waals surface area (Å²) < 4.78 is 41.4. The second-order valence-electron chi connectivity index (χ2n) is 4.31. The highest BCUT2D eigenvalue weighted by atomic mass is 19.3. The summed E-state index contributed by atoms with van der Waals surface area (Å²) in [7, 11) is 0. The summed E-state index contributed by atoms with van der Waals surface area (Å²) in [6, 6.07) is 3.28. The fourth-order valence-electron chi connectivity index (χ4n) is 1.67. The van der Waals surface area contributed by atoms with Crippen molar-refractivity contribution in [2.24, 2.45) is 0 Å². The van der Waals surface area contributed by atoms with E-state index in [1.54, 1.807) is 6.92 Å². The van der Waals surface area contributed by atoms with Gasteiger partial charge >= 0.3 is 6.61 Å². The predicted octanol–water partition coefficient (Wildman–Crippen LogP) is 2.29. The molecule has 1 heterocycles. The average molecular weight is 286 g/mol. The maximum absolute atomic E-state index is 13.5. The SMILES string of the molecule is CC(C(=O)Nc1ccc(OC(F)F)c(F)c1)=C1CNC1. The number of amides is 1. The number of rotatable bonds is 4. The first-order chi connectivity index (χ1) is 9.47. The molecule has 0 saturated carbocycles. The molecule has 1 fully saturated rings. The lowest BCUT2D eigenvalue weighted by Crippen LogP contribution is -2.36. The molecule has 7 heteroatoms. The average Bonchev–Trinajstić information content (AvgIpc) is 2.30. The first kappa shape index (κ1) is 14.4. The number of carbonyl (C=O) groups is 1. The second-order valence-corrected chi connectivity index (χ2v) is 4.31. The van der Waals surface area contributed by atoms with Gasteiger partial charge in [-0.05, 0) is 24.6 Å². The van der Waals surface area contributed by atoms with Crippen LogP contribution in [0.2, 0.25) is 0 Å². The standard InChI is InChI=1S/C13H13F3N2O2/c1-7(8-5-17-6-8)12(19)18-9-2-3-11(10(14)4-9)20-13(15)16/h2-4,13,17H,5-6H2,1H3,(H,18,19). The van der Waals surface area contributed by atoms with Gasteiger partial charge in [-0.3, -0.25) is 4.79 Å². The lowest BCUT2D eigenvalue weighted by molar-refractivity contribution is -0.112. The van der Waals surface area contributed by atoms with E-state index in [-0.39, 0.29) is 11.6 Å². The van der Waals surface area contributed by atoms with Gasteiger partial charge in [0.1, 0.15) is 0 Å². The van der Waals surface area contributed by atoms with E-state index >= 15 is 0 Å². The highest BCUT2D eigenvalue weighted by Gasteiger charge is 2.17. The van der Waals surface area contributed by atoms with Crippen molar-refractivity contribution in [2.75, 3.05) is 18.4 Å². The Bertz CT molecular complexity index is 553. The van der Waals surface area contributed by atoms with Crippen LogP contribution in [0, 0.1) is 5.82 Å². The van der Waals surface area contributed by atoms with Crippen LogP contribution in [0.3, 0.4) is 0 Å². The third kappa shape index (κ3) is 3.30. The van der Waals surface area contributed by atoms with Crippen LogP contribution < -0.4 is 15.4 Å². The Morgan fingerprint density at radius 1 is 1.40 bits per heavy atom. The van der Waals surface area contributed by atoms with E-state index in [2.05, 4.69) is 15.4 Å². The van der Waals surface area contributed by atoms with Crippen molar-refractivity contribution in [2.45, 2.75) is 13.5 Å². The highest BCUT2D eigenvalue weighted by molar-refractivity contribution is 6.04. The lowest BCUT2D eigenvalue weighted by Gasteiger charge is -2.21. The number of halogens is 3. The Morgan fingerprint density at radius 2 is 2.10 bits per heavy atom. The van der Waals surface area contributed by atoms with Crippen LogP contribution in [0.25, 0.3) is 0 Å². The monoisotopic (exact) mass is 286 g/mol. The minimum absolute atomic E-state index is 0.182. The van der Waals surface area contributed by atoms with Crippen LogP contribution in [0.5, 0.6) is 5.75 Å². The molecule has 1 aliphatic heterocycles. The smallest absolute Gasteiger partial charge is 0.387 e. The van der Waals surface area contributed by atoms with E-state index in [0.29, 0.717) is 18.7 Å². The topological polar surface area (TPSA) is 50.4 Å². The predicted molar refractivity (Wildman–Crippen MR) is 67.2 cm³/mol. The number of alkyl halides is 2. The van der Waals surface area contributed by atoms with Gasteiger partial charge in [-0.1, -0.05) is 0 Å². The molecule has 0 aromatic heterocycles. The fourth-order valence-corrected chi connectivity index (χ4v) is 1.67. The Balaban J connectivity index is 2.07. The normalized spacial score (nSPS) is 13.9. The van der Waals surface area contributed by atoms with Crippen molar-refractivity contribution in [3.63, 3.8) is 0 Å². The molecule has 1 aromatic carbocycles. The summed E-state index contributed by atoms with van der Waals surface area (Å²) in [5.41, 5.74) is 1.74. The largest absolute Gasteiger partial charge is 0.432 e. The van der Waals surface area contributed by atoms with Crippen LogP contribution in [-0.4, -0.2) is 25.6 Å². The van der Waals surface area contributed by atoms with Gasteiger partial charge in [0.15, 0.2) is 11.6 Å². The molecule has 1 aromatic rings. The maximum atomic E-state index is 13.5. The van der Waals surface area contributed by atoms with E-state index in [0.717, 1.165) is 17.7 Å². The van der Waals surface area contributed by atoms with E-state index in [9.17, 15) is 18.0 Å². The number of carbonyl (C=O) groups excluding carboxylic acids is 1. The van der Waals surface area contributed by atoms with Gasteiger partial charge in [-0.25, -0.2) is 4.39 Å². The summed E-state index contributed by atoms with van der Waals surface area (Å²) in [4.78, 5) is 11.9. The molecule has 1 amide bonds. The first-order valence-corrected chi connectivity index (χ1v) is 5.92. The van der Waals surface area contributed by atoms with Gasteiger partial charge < -0.3 is 15.4 Å². The zero-order chi connectivity index (χ0) is 14.7. The molecule has 0 bridgehead atoms. The van der Waals surface area contributed by atoms with Crippen molar-refractivity contribution in [1.82, 2.24) is 5.32 Å². The zero-order valence-corrected chi connectivity index (χ0v) is 10.7. The van der Waals surface area contributed by atoms with Crippen LogP contribution in [-0.2, 0) is 4.79 Å². The van der Waals surface area contributed by atoms with Crippen molar-refractivity contribution in [3.05, 3.63) is 35.2 Å². The molecule has 1 aliphatic rings. The van der Waals surface area contributed by atoms with E-state index in [1.807, 2.05) is 0 Å². The molecule has 0 radical (unpaired) electrons. The van der Waals surface area contributed by atoms with Gasteiger partial charge in [0.2, 0.25) is 0 Å². The molecule has 0 atom stereocenters. The maximum Gasteiger partial charge on any atom is 0.387 e. The minimum Gasteiger partial charge on any atom is -0.432 e. The van der Waals surface area contributed by atoms with E-state index in [1.165, 1.54) is 6.07 Å². The summed E-state index contributed by atoms with van der Waals surface area (Å²) in [5.74, 6) is -1.86. The summed E-state index contributed by atoms with van der Waals surface area (Å²) in [5, 5.41) is 5.51. The summed E-state index contributed by atoms with van der Waals surface area (Å²) >= 11 is 0. The quantitative estimate of drug-likeness (QED) is 0.835. The van der Waals surface area contributed by atoms with Gasteiger partial charge in [-0.2, -0.15) is 8.78 Å². The third-order valence-electron chi connectivity index (χ3n) is 2.95. The summed E-state index contributed by atoms with van der Waals surface area (Å²) in [6.45, 7) is -0.0947. The van der Waals surface area contributed by atoms with Crippen LogP contribution in [0.4, 0.5) is 18.9 Å². The molecule has 0 spiro atoms. The highest BCUT2D eigenvalue weighted by Crippen LogP contribution is 2.23. The number of anilines is 1. The van der Waals surface area contributed by atoms with E-state index < -0.39 is 18.2 Å². The number of ether oxygens (including phenoxy) is 1. The molecule has 2 rings (SSSR count). The Morgan fingerprint density at radius 3 is 2.60 bits per heavy atom. The van der Waals surface area contributed by atoms with E-state index in [4.69, 9.17) is 0 Å². The van der Waals surface area contributed by atoms with Gasteiger partial charge in [0.25, 0.3) is 5.91 Å². The molecule has 1 saturated heterocycles. The number of benzene rings is 1.